The summed E-state index contributed by atoms with van der Waals surface area (Å²) in [4.78, 5) is 10.3. The average molecular weight is 294 g/mol. The molecule has 7 nitrogen and oxygen atoms in total. The Bertz CT molecular complexity index is 614. The Morgan fingerprint density at radius 1 is 1.45 bits per heavy atom. The van der Waals surface area contributed by atoms with Gasteiger partial charge in [-0.25, -0.2) is 0 Å². The van der Waals surface area contributed by atoms with Gasteiger partial charge in [0, 0.05) is 12.6 Å². The van der Waals surface area contributed by atoms with E-state index in [-0.39, 0.29) is 5.69 Å². The van der Waals surface area contributed by atoms with Crippen molar-refractivity contribution in [1.82, 2.24) is 15.5 Å². The Morgan fingerprint density at radius 3 is 2.90 bits per heavy atom. The number of non-ortho nitro benzene ring substituents is 1. The minimum Gasteiger partial charge on any atom is -0.496 e. The van der Waals surface area contributed by atoms with Crippen LogP contribution in [0.4, 0.5) is 5.69 Å². The molecule has 0 atom stereocenters. The molecule has 1 aromatic heterocycles. The molecule has 0 unspecified atom stereocenters. The normalized spacial score (nSPS) is 10.5. The second-order valence-corrected chi connectivity index (χ2v) is 4.99. The summed E-state index contributed by atoms with van der Waals surface area (Å²) in [6.07, 6.45) is 0. The number of methoxy groups -OCH3 is 1. The molecule has 106 valence electrons. The Balaban J connectivity index is 2.32. The molecule has 0 spiro atoms. The molecule has 0 fully saturated rings. The fourth-order valence-corrected chi connectivity index (χ4v) is 2.48. The van der Waals surface area contributed by atoms with Gasteiger partial charge in [0.2, 0.25) is 0 Å². The van der Waals surface area contributed by atoms with Crippen molar-refractivity contribution >= 4 is 17.0 Å². The van der Waals surface area contributed by atoms with Crippen molar-refractivity contribution in [2.24, 2.45) is 0 Å². The molecular weight excluding hydrogens is 280 g/mol. The first-order valence-corrected chi connectivity index (χ1v) is 6.83. The summed E-state index contributed by atoms with van der Waals surface area (Å²) in [6, 6.07) is 4.46. The van der Waals surface area contributed by atoms with Gasteiger partial charge in [-0.05, 0) is 12.6 Å². The Kier molecular flexibility index (Phi) is 4.59. The van der Waals surface area contributed by atoms with Crippen LogP contribution in [0.25, 0.3) is 10.6 Å². The van der Waals surface area contributed by atoms with E-state index in [1.54, 1.807) is 6.07 Å². The highest BCUT2D eigenvalue weighted by molar-refractivity contribution is 7.14. The van der Waals surface area contributed by atoms with Gasteiger partial charge < -0.3 is 10.1 Å². The smallest absolute Gasteiger partial charge is 0.273 e. The highest BCUT2D eigenvalue weighted by atomic mass is 32.1. The molecule has 0 radical (unpaired) electrons. The topological polar surface area (TPSA) is 90.2 Å². The predicted octanol–water partition coefficient (Wildman–Crippen LogP) is 2.23. The summed E-state index contributed by atoms with van der Waals surface area (Å²) < 4.78 is 5.20. The standard InChI is InChI=1S/C12H14N4O3S/c1-3-13-7-11-14-15-12(20-11)9-5-4-8(16(17)18)6-10(9)19-2/h4-6,13H,3,7H2,1-2H3. The van der Waals surface area contributed by atoms with Crippen LogP contribution in [0.1, 0.15) is 11.9 Å². The third-order valence-electron chi connectivity index (χ3n) is 2.62. The minimum absolute atomic E-state index is 0.0111. The molecule has 1 aromatic carbocycles. The van der Waals surface area contributed by atoms with Crippen LogP contribution < -0.4 is 10.1 Å². The zero-order chi connectivity index (χ0) is 14.5. The van der Waals surface area contributed by atoms with Crippen molar-refractivity contribution in [2.75, 3.05) is 13.7 Å². The van der Waals surface area contributed by atoms with Gasteiger partial charge in [-0.1, -0.05) is 18.3 Å². The van der Waals surface area contributed by atoms with Gasteiger partial charge in [0.05, 0.1) is 23.7 Å². The van der Waals surface area contributed by atoms with Gasteiger partial charge in [0.25, 0.3) is 5.69 Å². The zero-order valence-electron chi connectivity index (χ0n) is 11.1. The molecule has 1 heterocycles. The quantitative estimate of drug-likeness (QED) is 0.649. The summed E-state index contributed by atoms with van der Waals surface area (Å²) in [5.74, 6) is 0.422. The third kappa shape index (κ3) is 3.09. The number of aromatic nitrogens is 2. The maximum absolute atomic E-state index is 10.8. The van der Waals surface area contributed by atoms with Crippen molar-refractivity contribution in [2.45, 2.75) is 13.5 Å². The molecule has 0 aliphatic heterocycles. The Hall–Kier alpha value is -2.06. The van der Waals surface area contributed by atoms with E-state index in [0.29, 0.717) is 22.9 Å². The molecule has 0 aliphatic carbocycles. The van der Waals surface area contributed by atoms with Gasteiger partial charge in [-0.15, -0.1) is 10.2 Å². The average Bonchev–Trinajstić information content (AvgIpc) is 2.92. The van der Waals surface area contributed by atoms with E-state index in [0.717, 1.165) is 11.6 Å². The van der Waals surface area contributed by atoms with E-state index in [2.05, 4.69) is 15.5 Å². The van der Waals surface area contributed by atoms with Gasteiger partial charge >= 0.3 is 0 Å². The molecule has 20 heavy (non-hydrogen) atoms. The van der Waals surface area contributed by atoms with Crippen molar-refractivity contribution in [3.8, 4) is 16.3 Å². The summed E-state index contributed by atoms with van der Waals surface area (Å²) >= 11 is 1.44. The molecule has 2 aromatic rings. The summed E-state index contributed by atoms with van der Waals surface area (Å²) in [6.45, 7) is 3.53. The highest BCUT2D eigenvalue weighted by Crippen LogP contribution is 2.34. The number of benzene rings is 1. The lowest BCUT2D eigenvalue weighted by Gasteiger charge is -2.04. The highest BCUT2D eigenvalue weighted by Gasteiger charge is 2.15. The third-order valence-corrected chi connectivity index (χ3v) is 3.58. The van der Waals surface area contributed by atoms with Gasteiger partial charge in [0.1, 0.15) is 10.8 Å². The number of nitrogens with zero attached hydrogens (tertiary/aromatic N) is 3. The number of nitro benzene ring substituents is 1. The molecule has 0 bridgehead atoms. The molecule has 8 heteroatoms. The van der Waals surface area contributed by atoms with Crippen molar-refractivity contribution < 1.29 is 9.66 Å². The van der Waals surface area contributed by atoms with Crippen molar-refractivity contribution in [1.29, 1.82) is 0 Å². The monoisotopic (exact) mass is 294 g/mol. The molecule has 0 amide bonds. The summed E-state index contributed by atoms with van der Waals surface area (Å²) in [5.41, 5.74) is 0.696. The van der Waals surface area contributed by atoms with Crippen LogP contribution in [0.2, 0.25) is 0 Å². The molecular formula is C12H14N4O3S. The van der Waals surface area contributed by atoms with E-state index in [1.165, 1.54) is 30.6 Å². The maximum atomic E-state index is 10.8. The van der Waals surface area contributed by atoms with Crippen LogP contribution in [-0.4, -0.2) is 28.8 Å². The van der Waals surface area contributed by atoms with Crippen LogP contribution in [0, 0.1) is 10.1 Å². The molecule has 0 saturated heterocycles. The van der Waals surface area contributed by atoms with Crippen LogP contribution in [0.3, 0.4) is 0 Å². The van der Waals surface area contributed by atoms with E-state index in [9.17, 15) is 10.1 Å². The number of ether oxygens (including phenoxy) is 1. The Morgan fingerprint density at radius 2 is 2.25 bits per heavy atom. The molecule has 1 N–H and O–H groups in total. The first-order valence-electron chi connectivity index (χ1n) is 6.01. The number of nitro groups is 1. The van der Waals surface area contributed by atoms with Crippen molar-refractivity contribution in [3.63, 3.8) is 0 Å². The molecule has 2 rings (SSSR count). The second kappa shape index (κ2) is 6.40. The summed E-state index contributed by atoms with van der Waals surface area (Å²) in [7, 11) is 1.48. The fourth-order valence-electron chi connectivity index (χ4n) is 1.64. The van der Waals surface area contributed by atoms with Crippen LogP contribution in [0.15, 0.2) is 18.2 Å². The van der Waals surface area contributed by atoms with Crippen LogP contribution in [0.5, 0.6) is 5.75 Å². The van der Waals surface area contributed by atoms with E-state index in [1.807, 2.05) is 6.92 Å². The van der Waals surface area contributed by atoms with Crippen molar-refractivity contribution in [3.05, 3.63) is 33.3 Å². The van der Waals surface area contributed by atoms with Crippen LogP contribution >= 0.6 is 11.3 Å². The van der Waals surface area contributed by atoms with Crippen LogP contribution in [-0.2, 0) is 6.54 Å². The number of hydrogen-bond acceptors (Lipinski definition) is 7. The first kappa shape index (κ1) is 14.4. The SMILES string of the molecule is CCNCc1nnc(-c2ccc([N+](=O)[O-])cc2OC)s1. The van der Waals surface area contributed by atoms with E-state index >= 15 is 0 Å². The predicted molar refractivity (Wildman–Crippen MR) is 75.9 cm³/mol. The molecule has 0 saturated carbocycles. The van der Waals surface area contributed by atoms with E-state index < -0.39 is 4.92 Å². The number of hydrogen-bond donors (Lipinski definition) is 1. The number of nitrogens with one attached hydrogen (secondary N) is 1. The van der Waals surface area contributed by atoms with Gasteiger partial charge in [-0.2, -0.15) is 0 Å². The number of rotatable bonds is 6. The zero-order valence-corrected chi connectivity index (χ0v) is 11.9. The molecule has 0 aliphatic rings. The largest absolute Gasteiger partial charge is 0.496 e. The van der Waals surface area contributed by atoms with E-state index in [4.69, 9.17) is 4.74 Å². The lowest BCUT2D eigenvalue weighted by molar-refractivity contribution is -0.384. The van der Waals surface area contributed by atoms with Gasteiger partial charge in [0.15, 0.2) is 5.01 Å². The summed E-state index contributed by atoms with van der Waals surface area (Å²) in [5, 5.41) is 23.7. The first-order chi connectivity index (χ1) is 9.65. The lowest BCUT2D eigenvalue weighted by atomic mass is 10.2. The second-order valence-electron chi connectivity index (χ2n) is 3.92. The minimum atomic E-state index is -0.455. The Labute approximate surface area is 119 Å². The lowest BCUT2D eigenvalue weighted by Crippen LogP contribution is -2.11. The maximum Gasteiger partial charge on any atom is 0.273 e. The van der Waals surface area contributed by atoms with Gasteiger partial charge in [-0.3, -0.25) is 10.1 Å². The fraction of sp³-hybridized carbons (Fsp3) is 0.333.